The number of aliphatic carboxylic acids is 1. The molecule has 0 aliphatic heterocycles. The first-order chi connectivity index (χ1) is 5.70. The van der Waals surface area contributed by atoms with Crippen molar-refractivity contribution in [2.45, 2.75) is 0 Å². The van der Waals surface area contributed by atoms with Gasteiger partial charge in [0.1, 0.15) is 0 Å². The molecular weight excluding hydrogens is 172 g/mol. The van der Waals surface area contributed by atoms with E-state index in [1.54, 1.807) is 30.3 Å². The Balaban J connectivity index is 0.00000144. The van der Waals surface area contributed by atoms with Gasteiger partial charge in [-0.05, 0) is 12.1 Å². The van der Waals surface area contributed by atoms with E-state index in [1.807, 2.05) is 0 Å². The molecule has 0 atom stereocenters. The number of anilines is 1. The molecule has 0 fully saturated rings. The van der Waals surface area contributed by atoms with Crippen LogP contribution in [-0.2, 0) is 9.59 Å². The lowest BCUT2D eigenvalue weighted by molar-refractivity contribution is -0.147. The van der Waals surface area contributed by atoms with Crippen molar-refractivity contribution in [1.29, 1.82) is 0 Å². The highest BCUT2D eigenvalue weighted by atomic mass is 16.4. The molecule has 1 aromatic carbocycles. The van der Waals surface area contributed by atoms with Gasteiger partial charge in [-0.15, -0.1) is 0 Å². The summed E-state index contributed by atoms with van der Waals surface area (Å²) in [5.74, 6) is -2.51. The third-order valence-electron chi connectivity index (χ3n) is 1.23. The molecule has 0 saturated heterocycles. The molecule has 70 valence electrons. The van der Waals surface area contributed by atoms with E-state index < -0.39 is 11.9 Å². The quantitative estimate of drug-likeness (QED) is 0.561. The summed E-state index contributed by atoms with van der Waals surface area (Å²) in [5.41, 5.74) is 0.477. The van der Waals surface area contributed by atoms with Crippen LogP contribution in [0.2, 0.25) is 0 Å². The molecule has 0 aliphatic carbocycles. The Kier molecular flexibility index (Phi) is 4.18. The molecule has 1 amide bonds. The smallest absolute Gasteiger partial charge is 0.394 e. The first kappa shape index (κ1) is 11.1. The number of hydrogen-bond donors (Lipinski definition) is 3. The van der Waals surface area contributed by atoms with Crippen molar-refractivity contribution in [3.8, 4) is 0 Å². The molecule has 0 radical (unpaired) electrons. The third kappa shape index (κ3) is 3.35. The zero-order valence-electron chi connectivity index (χ0n) is 6.86. The Morgan fingerprint density at radius 1 is 1.15 bits per heavy atom. The van der Waals surface area contributed by atoms with E-state index in [9.17, 15) is 9.59 Å². The number of rotatable bonds is 1. The Morgan fingerprint density at radius 3 is 2.15 bits per heavy atom. The number of para-hydroxylation sites is 1. The molecule has 5 nitrogen and oxygen atoms in total. The van der Waals surface area contributed by atoms with Crippen LogP contribution < -0.4 is 11.5 Å². The maximum Gasteiger partial charge on any atom is 0.394 e. The molecule has 0 aromatic heterocycles. The van der Waals surface area contributed by atoms with Crippen LogP contribution in [-0.4, -0.2) is 17.0 Å². The number of benzene rings is 1. The monoisotopic (exact) mass is 182 g/mol. The van der Waals surface area contributed by atoms with Crippen LogP contribution in [0.5, 0.6) is 0 Å². The Hall–Kier alpha value is -1.88. The molecule has 0 unspecified atom stereocenters. The molecule has 0 bridgehead atoms. The van der Waals surface area contributed by atoms with Gasteiger partial charge in [0.15, 0.2) is 0 Å². The maximum atomic E-state index is 10.6. The second-order valence-corrected chi connectivity index (χ2v) is 2.13. The van der Waals surface area contributed by atoms with Gasteiger partial charge >= 0.3 is 11.9 Å². The normalized spacial score (nSPS) is 8.31. The number of carboxylic acid groups (broad SMARTS) is 1. The van der Waals surface area contributed by atoms with Crippen molar-refractivity contribution in [3.05, 3.63) is 30.3 Å². The minimum absolute atomic E-state index is 0. The molecule has 1 aromatic rings. The van der Waals surface area contributed by atoms with E-state index >= 15 is 0 Å². The molecule has 1 rings (SSSR count). The lowest BCUT2D eigenvalue weighted by atomic mass is 10.3. The number of nitrogens with one attached hydrogen (secondary N) is 1. The molecule has 5 heteroatoms. The maximum absolute atomic E-state index is 10.6. The Morgan fingerprint density at radius 2 is 1.69 bits per heavy atom. The van der Waals surface area contributed by atoms with Crippen molar-refractivity contribution in [3.63, 3.8) is 0 Å². The highest BCUT2D eigenvalue weighted by Gasteiger charge is 2.09. The van der Waals surface area contributed by atoms with E-state index in [0.29, 0.717) is 5.69 Å². The zero-order chi connectivity index (χ0) is 8.97. The highest BCUT2D eigenvalue weighted by molar-refractivity contribution is 6.36. The van der Waals surface area contributed by atoms with Gasteiger partial charge in [-0.3, -0.25) is 4.79 Å². The number of carbonyl (C=O) groups is 2. The number of hydrogen-bond acceptors (Lipinski definition) is 3. The Labute approximate surface area is 75.0 Å². The summed E-state index contributed by atoms with van der Waals surface area (Å²) in [6, 6.07) is 8.41. The number of carbonyl (C=O) groups excluding carboxylic acids is 1. The second kappa shape index (κ2) is 4.89. The third-order valence-corrected chi connectivity index (χ3v) is 1.23. The highest BCUT2D eigenvalue weighted by Crippen LogP contribution is 2.03. The van der Waals surface area contributed by atoms with E-state index in [2.05, 4.69) is 5.32 Å². The van der Waals surface area contributed by atoms with Crippen LogP contribution in [0.4, 0.5) is 5.69 Å². The minimum Gasteiger partial charge on any atom is -0.474 e. The number of amides is 1. The van der Waals surface area contributed by atoms with E-state index in [1.165, 1.54) is 0 Å². The van der Waals surface area contributed by atoms with Gasteiger partial charge in [0.05, 0.1) is 0 Å². The summed E-state index contributed by atoms with van der Waals surface area (Å²) < 4.78 is 0. The van der Waals surface area contributed by atoms with Crippen LogP contribution >= 0.6 is 0 Å². The van der Waals surface area contributed by atoms with Crippen molar-refractivity contribution in [2.24, 2.45) is 0 Å². The lowest BCUT2D eigenvalue weighted by Crippen LogP contribution is -2.21. The summed E-state index contributed by atoms with van der Waals surface area (Å²) in [4.78, 5) is 20.7. The topological polar surface area (TPSA) is 101 Å². The fraction of sp³-hybridized carbons (Fsp3) is 0. The van der Waals surface area contributed by atoms with Crippen LogP contribution in [0.15, 0.2) is 30.3 Å². The molecule has 0 saturated carbocycles. The van der Waals surface area contributed by atoms with Crippen molar-refractivity contribution < 1.29 is 14.7 Å². The fourth-order valence-electron chi connectivity index (χ4n) is 0.706. The van der Waals surface area contributed by atoms with E-state index in [-0.39, 0.29) is 6.15 Å². The largest absolute Gasteiger partial charge is 0.474 e. The van der Waals surface area contributed by atoms with Crippen LogP contribution in [0, 0.1) is 0 Å². The van der Waals surface area contributed by atoms with Crippen LogP contribution in [0.1, 0.15) is 0 Å². The molecule has 13 heavy (non-hydrogen) atoms. The van der Waals surface area contributed by atoms with E-state index in [4.69, 9.17) is 5.11 Å². The van der Waals surface area contributed by atoms with Gasteiger partial charge in [-0.1, -0.05) is 18.2 Å². The predicted molar refractivity (Wildman–Crippen MR) is 47.7 cm³/mol. The summed E-state index contributed by atoms with van der Waals surface area (Å²) in [6.07, 6.45) is 0. The summed E-state index contributed by atoms with van der Waals surface area (Å²) in [6.45, 7) is 0. The van der Waals surface area contributed by atoms with Gasteiger partial charge < -0.3 is 16.6 Å². The molecule has 5 N–H and O–H groups in total. The van der Waals surface area contributed by atoms with Gasteiger partial charge in [0.2, 0.25) is 0 Å². The standard InChI is InChI=1S/C8H7NO3.H3N/c10-7(8(11)12)9-6-4-2-1-3-5-6;/h1-5H,(H,9,10)(H,11,12);1H3. The van der Waals surface area contributed by atoms with Gasteiger partial charge in [0, 0.05) is 5.69 Å². The van der Waals surface area contributed by atoms with Crippen LogP contribution in [0.25, 0.3) is 0 Å². The summed E-state index contributed by atoms with van der Waals surface area (Å²) >= 11 is 0. The first-order valence-corrected chi connectivity index (χ1v) is 3.29. The van der Waals surface area contributed by atoms with Gasteiger partial charge in [-0.25, -0.2) is 4.79 Å². The first-order valence-electron chi connectivity index (χ1n) is 3.29. The Bertz CT molecular complexity index is 298. The van der Waals surface area contributed by atoms with E-state index in [0.717, 1.165) is 0 Å². The molecular formula is C8H10N2O3. The minimum atomic E-state index is -1.49. The average molecular weight is 182 g/mol. The molecule has 0 heterocycles. The van der Waals surface area contributed by atoms with Crippen molar-refractivity contribution >= 4 is 17.6 Å². The van der Waals surface area contributed by atoms with Crippen LogP contribution in [0.3, 0.4) is 0 Å². The number of carboxylic acids is 1. The fourth-order valence-corrected chi connectivity index (χ4v) is 0.706. The lowest BCUT2D eigenvalue weighted by Gasteiger charge is -1.99. The SMILES string of the molecule is N.O=C(O)C(=O)Nc1ccccc1. The zero-order valence-corrected chi connectivity index (χ0v) is 6.86. The summed E-state index contributed by atoms with van der Waals surface area (Å²) in [7, 11) is 0. The predicted octanol–water partition coefficient (Wildman–Crippen LogP) is 0.872. The molecule has 0 spiro atoms. The average Bonchev–Trinajstić information content (AvgIpc) is 2.06. The molecule has 0 aliphatic rings. The van der Waals surface area contributed by atoms with Gasteiger partial charge in [-0.2, -0.15) is 0 Å². The van der Waals surface area contributed by atoms with Crippen molar-refractivity contribution in [1.82, 2.24) is 6.15 Å². The summed E-state index contributed by atoms with van der Waals surface area (Å²) in [5, 5.41) is 10.4. The van der Waals surface area contributed by atoms with Crippen molar-refractivity contribution in [2.75, 3.05) is 5.32 Å². The van der Waals surface area contributed by atoms with Gasteiger partial charge in [0.25, 0.3) is 0 Å². The second-order valence-electron chi connectivity index (χ2n) is 2.13.